The van der Waals surface area contributed by atoms with Gasteiger partial charge >= 0.3 is 0 Å². The molecule has 1 aromatic rings. The number of hydrogen-bond donors (Lipinski definition) is 2. The van der Waals surface area contributed by atoms with Crippen LogP contribution in [-0.2, 0) is 10.0 Å². The molecule has 20 heavy (non-hydrogen) atoms. The van der Waals surface area contributed by atoms with Gasteiger partial charge in [0.05, 0.1) is 4.90 Å². The van der Waals surface area contributed by atoms with Gasteiger partial charge in [-0.3, -0.25) is 0 Å². The van der Waals surface area contributed by atoms with E-state index in [0.717, 1.165) is 38.2 Å². The van der Waals surface area contributed by atoms with Gasteiger partial charge in [-0.05, 0) is 44.0 Å². The monoisotopic (exact) mass is 297 g/mol. The van der Waals surface area contributed by atoms with E-state index in [1.54, 1.807) is 19.1 Å². The molecule has 0 aliphatic carbocycles. The molecule has 112 valence electrons. The van der Waals surface area contributed by atoms with E-state index in [2.05, 4.69) is 17.1 Å². The maximum Gasteiger partial charge on any atom is 0.238 e. The van der Waals surface area contributed by atoms with E-state index in [4.69, 9.17) is 5.14 Å². The lowest BCUT2D eigenvalue weighted by molar-refractivity contribution is 0.229. The molecule has 2 rings (SSSR count). The summed E-state index contributed by atoms with van der Waals surface area (Å²) in [6.07, 6.45) is 2.15. The highest BCUT2D eigenvalue weighted by Gasteiger charge is 2.20. The Balaban J connectivity index is 2.11. The number of primary sulfonamides is 1. The average molecular weight is 297 g/mol. The van der Waals surface area contributed by atoms with Gasteiger partial charge in [0, 0.05) is 24.8 Å². The van der Waals surface area contributed by atoms with Crippen molar-refractivity contribution in [3.63, 3.8) is 0 Å². The number of nitrogens with two attached hydrogens (primary N) is 1. The summed E-state index contributed by atoms with van der Waals surface area (Å²) in [5.41, 5.74) is 1.57. The molecule has 1 saturated heterocycles. The summed E-state index contributed by atoms with van der Waals surface area (Å²) >= 11 is 0. The Morgan fingerprint density at radius 1 is 1.35 bits per heavy atom. The van der Waals surface area contributed by atoms with Crippen LogP contribution in [0.5, 0.6) is 0 Å². The minimum atomic E-state index is -3.66. The van der Waals surface area contributed by atoms with Crippen LogP contribution in [-0.4, -0.2) is 39.0 Å². The zero-order valence-corrected chi connectivity index (χ0v) is 12.9. The Bertz CT molecular complexity index is 564. The highest BCUT2D eigenvalue weighted by molar-refractivity contribution is 7.89. The third kappa shape index (κ3) is 3.50. The van der Waals surface area contributed by atoms with E-state index in [-0.39, 0.29) is 4.90 Å². The first-order chi connectivity index (χ1) is 9.41. The average Bonchev–Trinajstić information content (AvgIpc) is 2.40. The zero-order valence-electron chi connectivity index (χ0n) is 12.1. The molecule has 1 aromatic carbocycles. The Hall–Kier alpha value is -1.11. The van der Waals surface area contributed by atoms with Crippen molar-refractivity contribution in [3.05, 3.63) is 23.8 Å². The van der Waals surface area contributed by atoms with Crippen LogP contribution >= 0.6 is 0 Å². The van der Waals surface area contributed by atoms with Crippen LogP contribution in [0.25, 0.3) is 0 Å². The fourth-order valence-corrected chi connectivity index (χ4v) is 3.50. The number of hydrogen-bond acceptors (Lipinski definition) is 4. The van der Waals surface area contributed by atoms with E-state index in [9.17, 15) is 8.42 Å². The second kappa shape index (κ2) is 6.11. The van der Waals surface area contributed by atoms with Gasteiger partial charge in [0.15, 0.2) is 0 Å². The first-order valence-corrected chi connectivity index (χ1v) is 8.57. The van der Waals surface area contributed by atoms with E-state index in [0.29, 0.717) is 11.6 Å². The first kappa shape index (κ1) is 15.3. The number of nitrogens with zero attached hydrogens (tertiary/aromatic N) is 1. The summed E-state index contributed by atoms with van der Waals surface area (Å²) in [4.78, 5) is 2.62. The molecule has 1 aliphatic rings. The molecule has 0 amide bonds. The van der Waals surface area contributed by atoms with Crippen molar-refractivity contribution in [1.29, 1.82) is 0 Å². The third-order valence-corrected chi connectivity index (χ3v) is 5.04. The SMILES string of the molecule is CCN1CCC(Nc2cccc(S(N)(=O)=O)c2C)CC1. The van der Waals surface area contributed by atoms with Crippen LogP contribution in [0.3, 0.4) is 0 Å². The molecular weight excluding hydrogens is 274 g/mol. The van der Waals surface area contributed by atoms with Crippen molar-refractivity contribution in [2.75, 3.05) is 25.0 Å². The van der Waals surface area contributed by atoms with Crippen LogP contribution in [0.4, 0.5) is 5.69 Å². The van der Waals surface area contributed by atoms with Crippen molar-refractivity contribution in [2.45, 2.75) is 37.6 Å². The molecule has 1 fully saturated rings. The van der Waals surface area contributed by atoms with Crippen LogP contribution < -0.4 is 10.5 Å². The first-order valence-electron chi connectivity index (χ1n) is 7.03. The Morgan fingerprint density at radius 3 is 2.55 bits per heavy atom. The van der Waals surface area contributed by atoms with E-state index in [1.165, 1.54) is 0 Å². The summed E-state index contributed by atoms with van der Waals surface area (Å²) in [5, 5.41) is 8.69. The van der Waals surface area contributed by atoms with Crippen molar-refractivity contribution in [1.82, 2.24) is 4.90 Å². The highest BCUT2D eigenvalue weighted by atomic mass is 32.2. The van der Waals surface area contributed by atoms with E-state index >= 15 is 0 Å². The predicted octanol–water partition coefficient (Wildman–Crippen LogP) is 1.54. The lowest BCUT2D eigenvalue weighted by Gasteiger charge is -2.32. The molecule has 3 N–H and O–H groups in total. The molecule has 5 nitrogen and oxygen atoms in total. The number of rotatable bonds is 4. The molecule has 0 atom stereocenters. The second-order valence-corrected chi connectivity index (χ2v) is 6.86. The van der Waals surface area contributed by atoms with Crippen LogP contribution in [0.1, 0.15) is 25.3 Å². The molecule has 6 heteroatoms. The second-order valence-electron chi connectivity index (χ2n) is 5.33. The van der Waals surface area contributed by atoms with Crippen LogP contribution in [0.2, 0.25) is 0 Å². The highest BCUT2D eigenvalue weighted by Crippen LogP contribution is 2.24. The van der Waals surface area contributed by atoms with Crippen LogP contribution in [0.15, 0.2) is 23.1 Å². The summed E-state index contributed by atoms with van der Waals surface area (Å²) in [6, 6.07) is 5.59. The zero-order chi connectivity index (χ0) is 14.8. The molecule has 1 heterocycles. The van der Waals surface area contributed by atoms with E-state index in [1.807, 2.05) is 6.07 Å². The minimum Gasteiger partial charge on any atom is -0.382 e. The smallest absolute Gasteiger partial charge is 0.238 e. The van der Waals surface area contributed by atoms with Crippen molar-refractivity contribution < 1.29 is 8.42 Å². The number of sulfonamides is 1. The molecular formula is C14H23N3O2S. The Morgan fingerprint density at radius 2 is 2.00 bits per heavy atom. The molecule has 0 bridgehead atoms. The lowest BCUT2D eigenvalue weighted by atomic mass is 10.0. The van der Waals surface area contributed by atoms with Gasteiger partial charge in [0.2, 0.25) is 10.0 Å². The van der Waals surface area contributed by atoms with Gasteiger partial charge in [0.25, 0.3) is 0 Å². The number of piperidine rings is 1. The molecule has 0 spiro atoms. The van der Waals surface area contributed by atoms with E-state index < -0.39 is 10.0 Å². The van der Waals surface area contributed by atoms with Gasteiger partial charge < -0.3 is 10.2 Å². The Labute approximate surface area is 121 Å². The van der Waals surface area contributed by atoms with Crippen molar-refractivity contribution in [2.24, 2.45) is 5.14 Å². The van der Waals surface area contributed by atoms with Crippen molar-refractivity contribution >= 4 is 15.7 Å². The standard InChI is InChI=1S/C14H23N3O2S/c1-3-17-9-7-12(8-10-17)16-13-5-4-6-14(11(13)2)20(15,18)19/h4-6,12,16H,3,7-10H2,1-2H3,(H2,15,18,19). The van der Waals surface area contributed by atoms with Gasteiger partial charge in [-0.25, -0.2) is 13.6 Å². The van der Waals surface area contributed by atoms with Gasteiger partial charge in [0.1, 0.15) is 0 Å². The summed E-state index contributed by atoms with van der Waals surface area (Å²) in [7, 11) is -3.66. The normalized spacial score (nSPS) is 18.1. The largest absolute Gasteiger partial charge is 0.382 e. The maximum atomic E-state index is 11.5. The van der Waals surface area contributed by atoms with Gasteiger partial charge in [-0.15, -0.1) is 0 Å². The topological polar surface area (TPSA) is 75.4 Å². The summed E-state index contributed by atoms with van der Waals surface area (Å²) < 4.78 is 23.0. The number of nitrogens with one attached hydrogen (secondary N) is 1. The van der Waals surface area contributed by atoms with Crippen molar-refractivity contribution in [3.8, 4) is 0 Å². The fraction of sp³-hybridized carbons (Fsp3) is 0.571. The van der Waals surface area contributed by atoms with Gasteiger partial charge in [-0.2, -0.15) is 0 Å². The van der Waals surface area contributed by atoms with Crippen LogP contribution in [0, 0.1) is 6.92 Å². The number of likely N-dealkylation sites (tertiary alicyclic amines) is 1. The minimum absolute atomic E-state index is 0.202. The quantitative estimate of drug-likeness (QED) is 0.884. The fourth-order valence-electron chi connectivity index (χ4n) is 2.69. The third-order valence-electron chi connectivity index (χ3n) is 3.99. The predicted molar refractivity (Wildman–Crippen MR) is 81.3 cm³/mol. The lowest BCUT2D eigenvalue weighted by Crippen LogP contribution is -2.39. The molecule has 0 radical (unpaired) electrons. The summed E-state index contributed by atoms with van der Waals surface area (Å²) in [5.74, 6) is 0. The van der Waals surface area contributed by atoms with Gasteiger partial charge in [-0.1, -0.05) is 13.0 Å². The number of benzene rings is 1. The number of anilines is 1. The maximum absolute atomic E-state index is 11.5. The molecule has 0 saturated carbocycles. The molecule has 0 unspecified atom stereocenters. The molecule has 1 aliphatic heterocycles. The summed E-state index contributed by atoms with van der Waals surface area (Å²) in [6.45, 7) is 7.23. The Kier molecular flexibility index (Phi) is 4.67. The molecule has 0 aromatic heterocycles.